The van der Waals surface area contributed by atoms with E-state index in [4.69, 9.17) is 9.52 Å². The molecule has 0 aliphatic carbocycles. The highest BCUT2D eigenvalue weighted by Crippen LogP contribution is 2.24. The van der Waals surface area contributed by atoms with Crippen LogP contribution in [0.3, 0.4) is 0 Å². The molecule has 2 aromatic rings. The Hall–Kier alpha value is -1.53. The Morgan fingerprint density at radius 2 is 2.00 bits per heavy atom. The summed E-state index contributed by atoms with van der Waals surface area (Å²) in [5, 5.41) is 12.4. The SMILES string of the molecule is CC(NCC(O)C(F)(F)F)c1cc2ccccc2o1. The normalized spacial score (nSPS) is 15.6. The molecule has 0 aliphatic rings. The molecule has 3 nitrogen and oxygen atoms in total. The Morgan fingerprint density at radius 1 is 1.32 bits per heavy atom. The zero-order valence-corrected chi connectivity index (χ0v) is 10.2. The third-order valence-electron chi connectivity index (χ3n) is 2.87. The molecular formula is C13H14F3NO2. The van der Waals surface area contributed by atoms with Gasteiger partial charge < -0.3 is 14.8 Å². The lowest BCUT2D eigenvalue weighted by Crippen LogP contribution is -2.39. The van der Waals surface area contributed by atoms with Gasteiger partial charge in [-0.3, -0.25) is 0 Å². The molecule has 2 N–H and O–H groups in total. The van der Waals surface area contributed by atoms with Gasteiger partial charge >= 0.3 is 6.18 Å². The van der Waals surface area contributed by atoms with E-state index in [1.807, 2.05) is 18.2 Å². The summed E-state index contributed by atoms with van der Waals surface area (Å²) in [4.78, 5) is 0. The second kappa shape index (κ2) is 5.22. The number of furan rings is 1. The number of nitrogens with one attached hydrogen (secondary N) is 1. The number of fused-ring (bicyclic) bond motifs is 1. The number of benzene rings is 1. The number of alkyl halides is 3. The van der Waals surface area contributed by atoms with Crippen molar-refractivity contribution >= 4 is 11.0 Å². The van der Waals surface area contributed by atoms with Gasteiger partial charge in [0.2, 0.25) is 0 Å². The summed E-state index contributed by atoms with van der Waals surface area (Å²) >= 11 is 0. The lowest BCUT2D eigenvalue weighted by atomic mass is 10.2. The fourth-order valence-electron chi connectivity index (χ4n) is 1.72. The maximum atomic E-state index is 12.2. The zero-order valence-electron chi connectivity index (χ0n) is 10.2. The summed E-state index contributed by atoms with van der Waals surface area (Å²) in [6, 6.07) is 8.68. The summed E-state index contributed by atoms with van der Waals surface area (Å²) < 4.78 is 42.0. The molecule has 0 bridgehead atoms. The number of aliphatic hydroxyl groups excluding tert-OH is 1. The second-order valence-corrected chi connectivity index (χ2v) is 4.37. The molecule has 0 fully saturated rings. The van der Waals surface area contributed by atoms with Crippen LogP contribution >= 0.6 is 0 Å². The van der Waals surface area contributed by atoms with E-state index in [0.29, 0.717) is 11.3 Å². The van der Waals surface area contributed by atoms with Gasteiger partial charge in [0, 0.05) is 11.9 Å². The van der Waals surface area contributed by atoms with Gasteiger partial charge in [-0.1, -0.05) is 18.2 Å². The molecule has 1 aromatic heterocycles. The van der Waals surface area contributed by atoms with Crippen molar-refractivity contribution in [1.29, 1.82) is 0 Å². The minimum absolute atomic E-state index is 0.413. The van der Waals surface area contributed by atoms with E-state index in [1.54, 1.807) is 19.1 Å². The Labute approximate surface area is 108 Å². The molecule has 1 aromatic carbocycles. The highest BCUT2D eigenvalue weighted by Gasteiger charge is 2.38. The van der Waals surface area contributed by atoms with Crippen LogP contribution in [0.25, 0.3) is 11.0 Å². The fraction of sp³-hybridized carbons (Fsp3) is 0.385. The topological polar surface area (TPSA) is 45.4 Å². The average Bonchev–Trinajstić information content (AvgIpc) is 2.78. The van der Waals surface area contributed by atoms with Crippen LogP contribution in [0.4, 0.5) is 13.2 Å². The monoisotopic (exact) mass is 273 g/mol. The van der Waals surface area contributed by atoms with Crippen molar-refractivity contribution in [2.75, 3.05) is 6.54 Å². The van der Waals surface area contributed by atoms with Crippen LogP contribution in [0, 0.1) is 0 Å². The van der Waals surface area contributed by atoms with Gasteiger partial charge in [0.15, 0.2) is 6.10 Å². The van der Waals surface area contributed by atoms with E-state index in [-0.39, 0.29) is 0 Å². The molecule has 19 heavy (non-hydrogen) atoms. The van der Waals surface area contributed by atoms with Crippen LogP contribution in [-0.2, 0) is 0 Å². The third-order valence-corrected chi connectivity index (χ3v) is 2.87. The van der Waals surface area contributed by atoms with Crippen LogP contribution in [0.5, 0.6) is 0 Å². The van der Waals surface area contributed by atoms with Crippen molar-refractivity contribution in [2.45, 2.75) is 25.2 Å². The molecule has 0 spiro atoms. The van der Waals surface area contributed by atoms with Crippen molar-refractivity contribution in [1.82, 2.24) is 5.32 Å². The standard InChI is InChI=1S/C13H14F3NO2/c1-8(17-7-12(18)13(14,15)16)11-6-9-4-2-3-5-10(9)19-11/h2-6,8,12,17-18H,7H2,1H3. The van der Waals surface area contributed by atoms with Gasteiger partial charge in [-0.25, -0.2) is 0 Å². The number of rotatable bonds is 4. The van der Waals surface area contributed by atoms with Gasteiger partial charge in [-0.15, -0.1) is 0 Å². The van der Waals surface area contributed by atoms with Crippen molar-refractivity contribution in [2.24, 2.45) is 0 Å². The maximum Gasteiger partial charge on any atom is 0.415 e. The molecule has 2 atom stereocenters. The number of hydrogen-bond donors (Lipinski definition) is 2. The molecule has 0 amide bonds. The minimum atomic E-state index is -4.61. The summed E-state index contributed by atoms with van der Waals surface area (Å²) in [6.45, 7) is 1.11. The summed E-state index contributed by atoms with van der Waals surface area (Å²) in [5.74, 6) is 0.538. The minimum Gasteiger partial charge on any atom is -0.459 e. The summed E-state index contributed by atoms with van der Waals surface area (Å²) in [5.41, 5.74) is 0.683. The molecule has 0 aliphatic heterocycles. The second-order valence-electron chi connectivity index (χ2n) is 4.37. The van der Waals surface area contributed by atoms with Gasteiger partial charge in [0.25, 0.3) is 0 Å². The van der Waals surface area contributed by atoms with Gasteiger partial charge in [-0.2, -0.15) is 13.2 Å². The molecule has 0 radical (unpaired) electrons. The van der Waals surface area contributed by atoms with Crippen molar-refractivity contribution in [3.63, 3.8) is 0 Å². The van der Waals surface area contributed by atoms with Crippen LogP contribution < -0.4 is 5.32 Å². The third kappa shape index (κ3) is 3.27. The predicted octanol–water partition coefficient (Wildman–Crippen LogP) is 3.01. The first kappa shape index (κ1) is 13.9. The van der Waals surface area contributed by atoms with Crippen LogP contribution in [0.1, 0.15) is 18.7 Å². The largest absolute Gasteiger partial charge is 0.459 e. The van der Waals surface area contributed by atoms with Crippen molar-refractivity contribution < 1.29 is 22.7 Å². The van der Waals surface area contributed by atoms with E-state index >= 15 is 0 Å². The molecular weight excluding hydrogens is 259 g/mol. The van der Waals surface area contributed by atoms with E-state index in [9.17, 15) is 13.2 Å². The molecule has 2 unspecified atom stereocenters. The van der Waals surface area contributed by atoms with E-state index < -0.39 is 24.9 Å². The van der Waals surface area contributed by atoms with Crippen LogP contribution in [0.2, 0.25) is 0 Å². The van der Waals surface area contributed by atoms with Crippen molar-refractivity contribution in [3.8, 4) is 0 Å². The lowest BCUT2D eigenvalue weighted by molar-refractivity contribution is -0.202. The van der Waals surface area contributed by atoms with Crippen molar-refractivity contribution in [3.05, 3.63) is 36.1 Å². The molecule has 1 heterocycles. The Morgan fingerprint density at radius 3 is 2.63 bits per heavy atom. The van der Waals surface area contributed by atoms with Gasteiger partial charge in [0.05, 0.1) is 6.04 Å². The first-order valence-electron chi connectivity index (χ1n) is 5.84. The van der Waals surface area contributed by atoms with Crippen LogP contribution in [-0.4, -0.2) is 23.9 Å². The molecule has 104 valence electrons. The Bertz CT molecular complexity index is 517. The van der Waals surface area contributed by atoms with Gasteiger partial charge in [0.1, 0.15) is 11.3 Å². The highest BCUT2D eigenvalue weighted by atomic mass is 19.4. The van der Waals surface area contributed by atoms with Gasteiger partial charge in [-0.05, 0) is 19.1 Å². The number of hydrogen-bond acceptors (Lipinski definition) is 3. The number of para-hydroxylation sites is 1. The quantitative estimate of drug-likeness (QED) is 0.900. The number of aliphatic hydroxyl groups is 1. The van der Waals surface area contributed by atoms with E-state index in [2.05, 4.69) is 5.32 Å². The highest BCUT2D eigenvalue weighted by molar-refractivity contribution is 5.77. The van der Waals surface area contributed by atoms with E-state index in [0.717, 1.165) is 5.39 Å². The molecule has 0 saturated carbocycles. The first-order valence-corrected chi connectivity index (χ1v) is 5.84. The number of halogens is 3. The average molecular weight is 273 g/mol. The van der Waals surface area contributed by atoms with E-state index in [1.165, 1.54) is 0 Å². The smallest absolute Gasteiger partial charge is 0.415 e. The Balaban J connectivity index is 2.02. The molecule has 0 saturated heterocycles. The zero-order chi connectivity index (χ0) is 14.0. The molecule has 6 heteroatoms. The fourth-order valence-corrected chi connectivity index (χ4v) is 1.72. The lowest BCUT2D eigenvalue weighted by Gasteiger charge is -2.17. The summed E-state index contributed by atoms with van der Waals surface area (Å²) in [7, 11) is 0. The summed E-state index contributed by atoms with van der Waals surface area (Å²) in [6.07, 6.45) is -6.99. The Kier molecular flexibility index (Phi) is 3.82. The van der Waals surface area contributed by atoms with Crippen LogP contribution in [0.15, 0.2) is 34.7 Å². The maximum absolute atomic E-state index is 12.2. The molecule has 2 rings (SSSR count). The predicted molar refractivity (Wildman–Crippen MR) is 64.7 cm³/mol. The first-order chi connectivity index (χ1) is 8.88.